The van der Waals surface area contributed by atoms with E-state index in [0.717, 1.165) is 24.5 Å². The van der Waals surface area contributed by atoms with Crippen LogP contribution in [0.4, 0.5) is 0 Å². The van der Waals surface area contributed by atoms with Crippen LogP contribution in [0.3, 0.4) is 0 Å². The first-order valence-corrected chi connectivity index (χ1v) is 8.49. The number of benzene rings is 1. The summed E-state index contributed by atoms with van der Waals surface area (Å²) in [6.07, 6.45) is 7.15. The van der Waals surface area contributed by atoms with E-state index in [2.05, 4.69) is 34.8 Å². The van der Waals surface area contributed by atoms with Crippen LogP contribution in [0.2, 0.25) is 0 Å². The number of aryl methyl sites for hydroxylation is 1. The van der Waals surface area contributed by atoms with Gasteiger partial charge in [0.25, 0.3) is 0 Å². The molecule has 0 atom stereocenters. The van der Waals surface area contributed by atoms with Gasteiger partial charge in [-0.1, -0.05) is 12.1 Å². The predicted octanol–water partition coefficient (Wildman–Crippen LogP) is 2.92. The minimum absolute atomic E-state index is 0.571. The lowest BCUT2D eigenvalue weighted by Gasteiger charge is -2.12. The first-order chi connectivity index (χ1) is 10.3. The van der Waals surface area contributed by atoms with Crippen molar-refractivity contribution in [3.63, 3.8) is 0 Å². The van der Waals surface area contributed by atoms with Crippen LogP contribution >= 0.6 is 11.8 Å². The average Bonchev–Trinajstić information content (AvgIpc) is 3.00. The third-order valence-electron chi connectivity index (χ3n) is 3.14. The molecule has 21 heavy (non-hydrogen) atoms. The van der Waals surface area contributed by atoms with Crippen LogP contribution < -0.4 is 10.1 Å². The highest BCUT2D eigenvalue weighted by Crippen LogP contribution is 2.21. The first-order valence-electron chi connectivity index (χ1n) is 7.10. The van der Waals surface area contributed by atoms with Gasteiger partial charge in [-0.15, -0.1) is 0 Å². The molecule has 4 nitrogen and oxygen atoms in total. The Morgan fingerprint density at radius 1 is 1.33 bits per heavy atom. The van der Waals surface area contributed by atoms with E-state index in [1.165, 1.54) is 11.1 Å². The van der Waals surface area contributed by atoms with E-state index in [0.29, 0.717) is 18.9 Å². The van der Waals surface area contributed by atoms with Crippen LogP contribution in [0.25, 0.3) is 0 Å². The highest BCUT2D eigenvalue weighted by Gasteiger charge is 2.06. The molecule has 1 N–H and O–H groups in total. The molecule has 0 spiro atoms. The molecule has 0 aliphatic heterocycles. The summed E-state index contributed by atoms with van der Waals surface area (Å²) in [5.41, 5.74) is 2.55. The van der Waals surface area contributed by atoms with Crippen molar-refractivity contribution in [2.75, 3.05) is 25.7 Å². The first kappa shape index (κ1) is 15.9. The van der Waals surface area contributed by atoms with Gasteiger partial charge in [0, 0.05) is 12.1 Å². The van der Waals surface area contributed by atoms with E-state index in [4.69, 9.17) is 9.15 Å². The van der Waals surface area contributed by atoms with Gasteiger partial charge in [0.05, 0.1) is 19.2 Å². The summed E-state index contributed by atoms with van der Waals surface area (Å²) in [6.45, 7) is 1.38. The molecule has 2 rings (SSSR count). The van der Waals surface area contributed by atoms with E-state index >= 15 is 0 Å². The molecule has 0 aliphatic rings. The third-order valence-corrected chi connectivity index (χ3v) is 3.76. The summed E-state index contributed by atoms with van der Waals surface area (Å²) in [7, 11) is 1.95. The van der Waals surface area contributed by atoms with Crippen LogP contribution in [0, 0.1) is 0 Å². The normalized spacial score (nSPS) is 10.8. The molecule has 0 amide bonds. The molecule has 0 bridgehead atoms. The molecule has 2 aromatic rings. The second-order valence-corrected chi connectivity index (χ2v) is 5.73. The Labute approximate surface area is 130 Å². The number of ether oxygens (including phenoxy) is 1. The fraction of sp³-hybridized carbons (Fsp3) is 0.438. The number of hydrogen-bond acceptors (Lipinski definition) is 5. The molecular weight excluding hydrogens is 284 g/mol. The van der Waals surface area contributed by atoms with Gasteiger partial charge in [-0.05, 0) is 37.1 Å². The number of hydrogen-bond donors (Lipinski definition) is 1. The smallest absolute Gasteiger partial charge is 0.197 e. The van der Waals surface area contributed by atoms with Crippen molar-refractivity contribution < 1.29 is 9.15 Å². The molecule has 1 aromatic carbocycles. The molecule has 0 unspecified atom stereocenters. The van der Waals surface area contributed by atoms with Gasteiger partial charge in [0.2, 0.25) is 0 Å². The Morgan fingerprint density at radius 3 is 2.95 bits per heavy atom. The summed E-state index contributed by atoms with van der Waals surface area (Å²) >= 11 is 1.87. The number of rotatable bonds is 9. The molecule has 1 aromatic heterocycles. The van der Waals surface area contributed by atoms with Gasteiger partial charge in [-0.2, -0.15) is 11.8 Å². The van der Waals surface area contributed by atoms with Crippen molar-refractivity contribution in [1.82, 2.24) is 10.3 Å². The Kier molecular flexibility index (Phi) is 6.63. The SMILES string of the molecule is CNCc1cc(CCSC)ccc1OCCc1ncco1. The zero-order chi connectivity index (χ0) is 14.9. The lowest BCUT2D eigenvalue weighted by atomic mass is 10.1. The summed E-state index contributed by atoms with van der Waals surface area (Å²) in [6, 6.07) is 6.45. The highest BCUT2D eigenvalue weighted by molar-refractivity contribution is 7.98. The fourth-order valence-electron chi connectivity index (χ4n) is 2.10. The van der Waals surface area contributed by atoms with Gasteiger partial charge in [-0.3, -0.25) is 0 Å². The summed E-state index contributed by atoms with van der Waals surface area (Å²) < 4.78 is 11.1. The van der Waals surface area contributed by atoms with E-state index in [-0.39, 0.29) is 0 Å². The summed E-state index contributed by atoms with van der Waals surface area (Å²) in [5.74, 6) is 2.79. The average molecular weight is 306 g/mol. The Hall–Kier alpha value is -1.46. The van der Waals surface area contributed by atoms with E-state index in [1.807, 2.05) is 18.8 Å². The fourth-order valence-corrected chi connectivity index (χ4v) is 2.54. The second-order valence-electron chi connectivity index (χ2n) is 4.74. The van der Waals surface area contributed by atoms with Gasteiger partial charge < -0.3 is 14.5 Å². The maximum atomic E-state index is 5.88. The predicted molar refractivity (Wildman–Crippen MR) is 87.0 cm³/mol. The Balaban J connectivity index is 1.96. The maximum Gasteiger partial charge on any atom is 0.197 e. The zero-order valence-electron chi connectivity index (χ0n) is 12.6. The monoisotopic (exact) mass is 306 g/mol. The van der Waals surface area contributed by atoms with E-state index in [9.17, 15) is 0 Å². The molecule has 0 saturated carbocycles. The van der Waals surface area contributed by atoms with Crippen LogP contribution in [0.5, 0.6) is 5.75 Å². The quantitative estimate of drug-likeness (QED) is 0.772. The standard InChI is InChI=1S/C16H22N2O2S/c1-17-12-14-11-13(6-10-21-2)3-4-15(14)19-8-5-16-18-7-9-20-16/h3-4,7,9,11,17H,5-6,8,10,12H2,1-2H3. The van der Waals surface area contributed by atoms with Crippen molar-refractivity contribution in [3.8, 4) is 5.75 Å². The molecular formula is C16H22N2O2S. The largest absolute Gasteiger partial charge is 0.493 e. The van der Waals surface area contributed by atoms with Crippen LogP contribution in [-0.4, -0.2) is 30.6 Å². The molecule has 0 fully saturated rings. The number of nitrogens with zero attached hydrogens (tertiary/aromatic N) is 1. The van der Waals surface area contributed by atoms with Crippen molar-refractivity contribution >= 4 is 11.8 Å². The molecule has 5 heteroatoms. The minimum Gasteiger partial charge on any atom is -0.493 e. The molecule has 0 radical (unpaired) electrons. The van der Waals surface area contributed by atoms with Crippen molar-refractivity contribution in [1.29, 1.82) is 0 Å². The van der Waals surface area contributed by atoms with Crippen LogP contribution in [-0.2, 0) is 19.4 Å². The van der Waals surface area contributed by atoms with E-state index < -0.39 is 0 Å². The van der Waals surface area contributed by atoms with Crippen LogP contribution in [0.1, 0.15) is 17.0 Å². The lowest BCUT2D eigenvalue weighted by Crippen LogP contribution is -2.10. The molecule has 1 heterocycles. The van der Waals surface area contributed by atoms with Crippen molar-refractivity contribution in [2.24, 2.45) is 0 Å². The topological polar surface area (TPSA) is 47.3 Å². The third kappa shape index (κ3) is 5.10. The van der Waals surface area contributed by atoms with Crippen molar-refractivity contribution in [3.05, 3.63) is 47.7 Å². The number of thioether (sulfide) groups is 1. The number of aromatic nitrogens is 1. The van der Waals surface area contributed by atoms with Gasteiger partial charge >= 0.3 is 0 Å². The van der Waals surface area contributed by atoms with E-state index in [1.54, 1.807) is 12.5 Å². The summed E-state index contributed by atoms with van der Waals surface area (Å²) in [4.78, 5) is 4.09. The van der Waals surface area contributed by atoms with Crippen molar-refractivity contribution in [2.45, 2.75) is 19.4 Å². The summed E-state index contributed by atoms with van der Waals surface area (Å²) in [5, 5.41) is 3.20. The molecule has 0 aliphatic carbocycles. The lowest BCUT2D eigenvalue weighted by molar-refractivity contribution is 0.302. The maximum absolute atomic E-state index is 5.88. The highest BCUT2D eigenvalue weighted by atomic mass is 32.2. The second kappa shape index (κ2) is 8.74. The number of nitrogens with one attached hydrogen (secondary N) is 1. The minimum atomic E-state index is 0.571. The Morgan fingerprint density at radius 2 is 2.24 bits per heavy atom. The molecule has 0 saturated heterocycles. The molecule has 114 valence electrons. The zero-order valence-corrected chi connectivity index (χ0v) is 13.4. The van der Waals surface area contributed by atoms with Crippen LogP contribution in [0.15, 0.2) is 35.1 Å². The Bertz CT molecular complexity index is 529. The van der Waals surface area contributed by atoms with Gasteiger partial charge in [0.15, 0.2) is 5.89 Å². The van der Waals surface area contributed by atoms with Gasteiger partial charge in [0.1, 0.15) is 12.0 Å². The van der Waals surface area contributed by atoms with Gasteiger partial charge in [-0.25, -0.2) is 4.98 Å². The number of oxazole rings is 1.